The lowest BCUT2D eigenvalue weighted by Crippen LogP contribution is -2.51. The summed E-state index contributed by atoms with van der Waals surface area (Å²) in [5.74, 6) is 0.309. The number of ketones is 1. The van der Waals surface area contributed by atoms with Crippen LogP contribution in [0.5, 0.6) is 0 Å². The lowest BCUT2D eigenvalue weighted by molar-refractivity contribution is -0.226. The van der Waals surface area contributed by atoms with Crippen LogP contribution in [0.2, 0.25) is 0 Å². The Kier molecular flexibility index (Phi) is 8.27. The zero-order valence-corrected chi connectivity index (χ0v) is 22.4. The Morgan fingerprint density at radius 2 is 1.79 bits per heavy atom. The summed E-state index contributed by atoms with van der Waals surface area (Å²) in [4.78, 5) is 25.8. The van der Waals surface area contributed by atoms with E-state index in [0.717, 1.165) is 11.1 Å². The number of ether oxygens (including phenoxy) is 3. The Balaban J connectivity index is 1.25. The van der Waals surface area contributed by atoms with Gasteiger partial charge in [0, 0.05) is 41.8 Å². The van der Waals surface area contributed by atoms with E-state index < -0.39 is 0 Å². The van der Waals surface area contributed by atoms with E-state index in [2.05, 4.69) is 53.7 Å². The number of morpholine rings is 1. The zero-order valence-electron chi connectivity index (χ0n) is 22.4. The van der Waals surface area contributed by atoms with Gasteiger partial charge in [-0.25, -0.2) is 9.80 Å². The maximum Gasteiger partial charge on any atom is 0.333 e. The van der Waals surface area contributed by atoms with Gasteiger partial charge in [0.25, 0.3) is 0 Å². The van der Waals surface area contributed by atoms with Gasteiger partial charge in [-0.2, -0.15) is 0 Å². The molecule has 2 bridgehead atoms. The van der Waals surface area contributed by atoms with Crippen molar-refractivity contribution in [2.75, 3.05) is 46.6 Å². The summed E-state index contributed by atoms with van der Waals surface area (Å²) in [6.45, 7) is 8.01. The van der Waals surface area contributed by atoms with Crippen LogP contribution < -0.4 is 21.6 Å². The molecule has 38 heavy (non-hydrogen) atoms. The molecular formula is C28H39N5O5. The highest BCUT2D eigenvalue weighted by Gasteiger charge is 2.40. The smallest absolute Gasteiger partial charge is 0.333 e. The summed E-state index contributed by atoms with van der Waals surface area (Å²) >= 11 is 0. The fourth-order valence-corrected chi connectivity index (χ4v) is 5.57. The summed E-state index contributed by atoms with van der Waals surface area (Å²) in [5.41, 5.74) is 12.7. The Morgan fingerprint density at radius 1 is 1.08 bits per heavy atom. The number of hydrazine groups is 2. The molecule has 0 radical (unpaired) electrons. The van der Waals surface area contributed by atoms with E-state index in [4.69, 9.17) is 14.2 Å². The number of carbonyl (C=O) groups is 2. The standard InChI is InChI=1S/C28H39N5O5/c1-28(2)16-37-26(38-17-28)19-6-4-18(5-7-19)25(31-29-3)21-15-24(34)22-14-20(21)8-9-23(22)30-27(35)32-33-10-12-36-13-11-33/h4-9,20-21,25-26,29,31H,10-17H2,1-3H3,(H2,30,32,35)/t20?,21?,25-/m0/s1. The third-order valence-electron chi connectivity index (χ3n) is 7.65. The summed E-state index contributed by atoms with van der Waals surface area (Å²) in [6.07, 6.45) is 4.64. The van der Waals surface area contributed by atoms with E-state index in [1.54, 1.807) is 0 Å². The minimum Gasteiger partial charge on any atom is -0.379 e. The van der Waals surface area contributed by atoms with E-state index in [1.165, 1.54) is 0 Å². The van der Waals surface area contributed by atoms with Crippen LogP contribution in [0.1, 0.15) is 50.1 Å². The summed E-state index contributed by atoms with van der Waals surface area (Å²) < 4.78 is 17.2. The molecule has 2 heterocycles. The molecule has 0 aromatic heterocycles. The number of nitrogens with one attached hydrogen (secondary N) is 4. The minimum atomic E-state index is -0.357. The van der Waals surface area contributed by atoms with Gasteiger partial charge >= 0.3 is 6.03 Å². The molecule has 3 fully saturated rings. The number of hydrogen-bond acceptors (Lipinski definition) is 8. The fourth-order valence-electron chi connectivity index (χ4n) is 5.57. The van der Waals surface area contributed by atoms with Crippen LogP contribution in [0, 0.1) is 17.3 Å². The fraction of sp³-hybridized carbons (Fsp3) is 0.571. The van der Waals surface area contributed by atoms with Crippen molar-refractivity contribution in [1.82, 2.24) is 26.6 Å². The molecule has 1 aromatic rings. The maximum atomic E-state index is 13.3. The monoisotopic (exact) mass is 525 g/mol. The Hall–Kier alpha value is -2.60. The highest BCUT2D eigenvalue weighted by Crippen LogP contribution is 2.43. The maximum absolute atomic E-state index is 13.3. The van der Waals surface area contributed by atoms with Gasteiger partial charge in [-0.3, -0.25) is 21.1 Å². The first-order chi connectivity index (χ1) is 18.3. The van der Waals surface area contributed by atoms with Gasteiger partial charge in [0.05, 0.1) is 32.5 Å². The number of hydrogen-bond donors (Lipinski definition) is 4. The predicted molar refractivity (Wildman–Crippen MR) is 141 cm³/mol. The molecule has 2 saturated heterocycles. The van der Waals surface area contributed by atoms with Crippen LogP contribution in [0.25, 0.3) is 0 Å². The Labute approximate surface area is 224 Å². The number of benzene rings is 1. The normalized spacial score (nSPS) is 26.8. The quantitative estimate of drug-likeness (QED) is 0.402. The number of allylic oxidation sites excluding steroid dienone is 3. The van der Waals surface area contributed by atoms with Crippen LogP contribution in [0.15, 0.2) is 47.7 Å². The third-order valence-corrected chi connectivity index (χ3v) is 7.65. The van der Waals surface area contributed by atoms with Crippen molar-refractivity contribution < 1.29 is 23.8 Å². The van der Waals surface area contributed by atoms with E-state index in [1.807, 2.05) is 30.3 Å². The molecule has 10 heteroatoms. The van der Waals surface area contributed by atoms with Crippen molar-refractivity contribution in [3.63, 3.8) is 0 Å². The van der Waals surface area contributed by atoms with E-state index in [0.29, 0.717) is 63.6 Å². The van der Waals surface area contributed by atoms with Crippen molar-refractivity contribution in [3.05, 3.63) is 58.8 Å². The van der Waals surface area contributed by atoms with Crippen LogP contribution in [0.3, 0.4) is 0 Å². The first kappa shape index (κ1) is 27.0. The highest BCUT2D eigenvalue weighted by atomic mass is 16.7. The average Bonchev–Trinajstić information content (AvgIpc) is 2.91. The van der Waals surface area contributed by atoms with Gasteiger partial charge < -0.3 is 19.5 Å². The van der Waals surface area contributed by atoms with Crippen molar-refractivity contribution in [2.45, 2.75) is 39.0 Å². The number of nitrogens with zero attached hydrogens (tertiary/aromatic N) is 1. The van der Waals surface area contributed by atoms with Gasteiger partial charge in [0.1, 0.15) is 0 Å². The van der Waals surface area contributed by atoms with E-state index in [9.17, 15) is 9.59 Å². The largest absolute Gasteiger partial charge is 0.379 e. The van der Waals surface area contributed by atoms with E-state index >= 15 is 0 Å². The number of urea groups is 1. The summed E-state index contributed by atoms with van der Waals surface area (Å²) in [6, 6.07) is 7.86. The lowest BCUT2D eigenvalue weighted by Gasteiger charge is -2.39. The molecule has 206 valence electrons. The van der Waals surface area contributed by atoms with Crippen molar-refractivity contribution in [2.24, 2.45) is 17.3 Å². The molecule has 5 rings (SSSR count). The van der Waals surface area contributed by atoms with Gasteiger partial charge in [-0.15, -0.1) is 0 Å². The van der Waals surface area contributed by atoms with E-state index in [-0.39, 0.29) is 41.4 Å². The molecule has 1 saturated carbocycles. The van der Waals surface area contributed by atoms with Crippen LogP contribution in [0.4, 0.5) is 4.79 Å². The van der Waals surface area contributed by atoms with Crippen LogP contribution in [-0.4, -0.2) is 63.4 Å². The SMILES string of the molecule is CNN[C@@H](c1ccc(C2OCC(C)(C)CO2)cc1)C1CC(=O)C2=C(NC(=O)NN3CCOCC3)C=CC1C2. The van der Waals surface area contributed by atoms with Crippen LogP contribution >= 0.6 is 0 Å². The third kappa shape index (κ3) is 6.17. The molecule has 2 aliphatic carbocycles. The molecule has 4 N–H and O–H groups in total. The molecular weight excluding hydrogens is 486 g/mol. The average molecular weight is 526 g/mol. The Morgan fingerprint density at radius 3 is 2.47 bits per heavy atom. The first-order valence-electron chi connectivity index (χ1n) is 13.4. The van der Waals surface area contributed by atoms with Gasteiger partial charge in [-0.1, -0.05) is 44.2 Å². The lowest BCUT2D eigenvalue weighted by atomic mass is 9.69. The second kappa shape index (κ2) is 11.6. The minimum absolute atomic E-state index is 0.0223. The van der Waals surface area contributed by atoms with Gasteiger partial charge in [0.2, 0.25) is 0 Å². The van der Waals surface area contributed by atoms with Gasteiger partial charge in [0.15, 0.2) is 12.1 Å². The first-order valence-corrected chi connectivity index (χ1v) is 13.4. The zero-order chi connectivity index (χ0) is 26.7. The molecule has 2 amide bonds. The molecule has 1 aromatic carbocycles. The number of fused-ring (bicyclic) bond motifs is 2. The molecule has 10 nitrogen and oxygen atoms in total. The van der Waals surface area contributed by atoms with Crippen molar-refractivity contribution in [3.8, 4) is 0 Å². The molecule has 0 spiro atoms. The number of rotatable bonds is 7. The molecule has 2 unspecified atom stereocenters. The number of carbonyl (C=O) groups excluding carboxylic acids is 2. The van der Waals surface area contributed by atoms with Crippen molar-refractivity contribution in [1.29, 1.82) is 0 Å². The van der Waals surface area contributed by atoms with Crippen LogP contribution in [-0.2, 0) is 19.0 Å². The molecule has 4 aliphatic rings. The number of amides is 2. The van der Waals surface area contributed by atoms with Crippen molar-refractivity contribution >= 4 is 11.8 Å². The van der Waals surface area contributed by atoms with Gasteiger partial charge in [-0.05, 0) is 36.9 Å². The highest BCUT2D eigenvalue weighted by molar-refractivity contribution is 5.98. The molecule has 2 aliphatic heterocycles. The summed E-state index contributed by atoms with van der Waals surface area (Å²) in [7, 11) is 1.84. The summed E-state index contributed by atoms with van der Waals surface area (Å²) in [5, 5.41) is 4.71. The number of Topliss-reactive ketones (excluding diaryl/α,β-unsaturated/α-hetero) is 1. The predicted octanol–water partition coefficient (Wildman–Crippen LogP) is 2.49. The second-order valence-electron chi connectivity index (χ2n) is 11.2. The molecule has 3 atom stereocenters. The topological polar surface area (TPSA) is 113 Å². The Bertz CT molecular complexity index is 1070. The second-order valence-corrected chi connectivity index (χ2v) is 11.2.